The van der Waals surface area contributed by atoms with Gasteiger partial charge >= 0.3 is 0 Å². The van der Waals surface area contributed by atoms with Crippen LogP contribution >= 0.6 is 70.6 Å². The Bertz CT molecular complexity index is 1680. The molecular formula is C43H56O6S6. The highest BCUT2D eigenvalue weighted by Gasteiger charge is 2.27. The minimum Gasteiger partial charge on any atom is -0.490 e. The van der Waals surface area contributed by atoms with Crippen LogP contribution in [0.15, 0.2) is 77.9 Å². The Balaban J connectivity index is 1.40. The van der Waals surface area contributed by atoms with E-state index in [4.69, 9.17) is 18.9 Å². The third-order valence-electron chi connectivity index (χ3n) is 9.38. The van der Waals surface area contributed by atoms with Crippen LogP contribution in [-0.2, 0) is 5.41 Å². The van der Waals surface area contributed by atoms with Gasteiger partial charge in [0.1, 0.15) is 61.6 Å². The third-order valence-corrected chi connectivity index (χ3v) is 13.8. The summed E-state index contributed by atoms with van der Waals surface area (Å²) in [7, 11) is 0. The van der Waals surface area contributed by atoms with Gasteiger partial charge in [0.2, 0.25) is 0 Å². The molecule has 4 aromatic carbocycles. The molecule has 55 heavy (non-hydrogen) atoms. The Hall–Kier alpha value is -1.90. The number of aryl methyl sites for hydroxylation is 4. The lowest BCUT2D eigenvalue weighted by molar-refractivity contribution is 0.0601. The summed E-state index contributed by atoms with van der Waals surface area (Å²) < 4.78 is 24.8. The molecule has 0 aliphatic rings. The van der Waals surface area contributed by atoms with E-state index in [1.165, 1.54) is 20.9 Å². The molecule has 300 valence electrons. The summed E-state index contributed by atoms with van der Waals surface area (Å²) in [6.07, 6.45) is 10.7. The van der Waals surface area contributed by atoms with E-state index in [1.807, 2.05) is 25.0 Å². The van der Waals surface area contributed by atoms with Crippen LogP contribution in [-0.4, -0.2) is 86.4 Å². The number of benzene rings is 4. The zero-order valence-electron chi connectivity index (χ0n) is 34.1. The van der Waals surface area contributed by atoms with E-state index in [0.29, 0.717) is 0 Å². The molecule has 2 unspecified atom stereocenters. The van der Waals surface area contributed by atoms with E-state index in [9.17, 15) is 10.2 Å². The van der Waals surface area contributed by atoms with Crippen LogP contribution in [0.2, 0.25) is 0 Å². The minimum absolute atomic E-state index is 0.125. The average Bonchev–Trinajstić information content (AvgIpc) is 3.17. The van der Waals surface area contributed by atoms with Crippen molar-refractivity contribution in [2.24, 2.45) is 0 Å². The molecule has 4 aromatic rings. The molecule has 0 aliphatic carbocycles. The molecule has 2 N–H and O–H groups in total. The van der Waals surface area contributed by atoms with Gasteiger partial charge in [-0.25, -0.2) is 0 Å². The van der Waals surface area contributed by atoms with Gasteiger partial charge in [-0.2, -0.15) is 0 Å². The van der Waals surface area contributed by atoms with E-state index in [1.54, 1.807) is 70.6 Å². The number of aliphatic hydroxyl groups excluding tert-OH is 2. The van der Waals surface area contributed by atoms with Crippen molar-refractivity contribution in [1.82, 2.24) is 0 Å². The first-order valence-corrected chi connectivity index (χ1v) is 25.3. The monoisotopic (exact) mass is 860 g/mol. The molecule has 0 spiro atoms. The molecule has 0 fully saturated rings. The fraction of sp³-hybridized carbons (Fsp3) is 0.442. The van der Waals surface area contributed by atoms with E-state index in [2.05, 4.69) is 103 Å². The number of aliphatic hydroxyl groups is 2. The number of thioether (sulfide) groups is 6. The SMILES string of the molecule is CSc1cc(SC)c(OCC(O)COc2c(C)cc(C(C)(C)c3cc(C)c(OCC(O)COc4c(SC)cc(SC)cc4SC)c(C)c3)cc2C)c(SC)c1. The number of ether oxygens (including phenoxy) is 4. The molecule has 0 radical (unpaired) electrons. The lowest BCUT2D eigenvalue weighted by atomic mass is 9.76. The van der Waals surface area contributed by atoms with Gasteiger partial charge in [-0.3, -0.25) is 0 Å². The van der Waals surface area contributed by atoms with Crippen LogP contribution in [0.3, 0.4) is 0 Å². The first kappa shape index (κ1) is 45.8. The zero-order valence-corrected chi connectivity index (χ0v) is 39.0. The maximum atomic E-state index is 10.9. The summed E-state index contributed by atoms with van der Waals surface area (Å²) in [4.78, 5) is 6.62. The van der Waals surface area contributed by atoms with Crippen LogP contribution in [0.5, 0.6) is 23.0 Å². The Morgan fingerprint density at radius 3 is 0.927 bits per heavy atom. The van der Waals surface area contributed by atoms with Crippen LogP contribution in [0.25, 0.3) is 0 Å². The van der Waals surface area contributed by atoms with Crippen molar-refractivity contribution in [1.29, 1.82) is 0 Å². The Morgan fingerprint density at radius 2 is 0.691 bits per heavy atom. The Labute approximate surface area is 354 Å². The summed E-state index contributed by atoms with van der Waals surface area (Å²) in [6, 6.07) is 17.2. The van der Waals surface area contributed by atoms with Crippen molar-refractivity contribution in [2.75, 3.05) is 64.0 Å². The molecular weight excluding hydrogens is 805 g/mol. The van der Waals surface area contributed by atoms with Crippen LogP contribution in [0.1, 0.15) is 47.2 Å². The lowest BCUT2D eigenvalue weighted by Gasteiger charge is -2.29. The minimum atomic E-state index is -0.793. The van der Waals surface area contributed by atoms with Gasteiger partial charge in [-0.05, 0) is 123 Å². The molecule has 0 aromatic heterocycles. The maximum absolute atomic E-state index is 10.9. The van der Waals surface area contributed by atoms with E-state index in [0.717, 1.165) is 64.8 Å². The fourth-order valence-corrected chi connectivity index (χ4v) is 10.1. The van der Waals surface area contributed by atoms with Crippen molar-refractivity contribution in [3.05, 3.63) is 81.9 Å². The second kappa shape index (κ2) is 21.2. The molecule has 0 saturated carbocycles. The second-order valence-corrected chi connectivity index (χ2v) is 18.9. The molecule has 0 amide bonds. The molecule has 4 rings (SSSR count). The fourth-order valence-electron chi connectivity index (χ4n) is 6.29. The van der Waals surface area contributed by atoms with Crippen LogP contribution < -0.4 is 18.9 Å². The highest BCUT2D eigenvalue weighted by atomic mass is 32.2. The maximum Gasteiger partial charge on any atom is 0.146 e. The predicted molar refractivity (Wildman–Crippen MR) is 242 cm³/mol. The second-order valence-electron chi connectivity index (χ2n) is 13.8. The molecule has 6 nitrogen and oxygen atoms in total. The lowest BCUT2D eigenvalue weighted by Crippen LogP contribution is -2.26. The highest BCUT2D eigenvalue weighted by Crippen LogP contribution is 2.42. The molecule has 0 saturated heterocycles. The largest absolute Gasteiger partial charge is 0.490 e. The van der Waals surface area contributed by atoms with Crippen LogP contribution in [0.4, 0.5) is 0 Å². The summed E-state index contributed by atoms with van der Waals surface area (Å²) in [5.74, 6) is 3.18. The summed E-state index contributed by atoms with van der Waals surface area (Å²) >= 11 is 10.00. The topological polar surface area (TPSA) is 77.4 Å². The average molecular weight is 861 g/mol. The predicted octanol–water partition coefficient (Wildman–Crippen LogP) is 11.2. The van der Waals surface area contributed by atoms with Gasteiger partial charge < -0.3 is 29.2 Å². The van der Waals surface area contributed by atoms with Gasteiger partial charge in [0, 0.05) is 15.2 Å². The summed E-state index contributed by atoms with van der Waals surface area (Å²) in [5.41, 5.74) is 6.07. The molecule has 0 bridgehead atoms. The summed E-state index contributed by atoms with van der Waals surface area (Å²) in [5, 5.41) is 21.8. The number of rotatable bonds is 20. The number of hydrogen-bond donors (Lipinski definition) is 2. The van der Waals surface area contributed by atoms with Crippen molar-refractivity contribution in [2.45, 2.75) is 88.5 Å². The third kappa shape index (κ3) is 11.6. The van der Waals surface area contributed by atoms with Gasteiger partial charge in [0.15, 0.2) is 0 Å². The van der Waals surface area contributed by atoms with Gasteiger partial charge in [0.25, 0.3) is 0 Å². The smallest absolute Gasteiger partial charge is 0.146 e. The number of hydrogen-bond acceptors (Lipinski definition) is 12. The molecule has 2 atom stereocenters. The van der Waals surface area contributed by atoms with Crippen molar-refractivity contribution >= 4 is 70.6 Å². The van der Waals surface area contributed by atoms with E-state index in [-0.39, 0.29) is 31.8 Å². The van der Waals surface area contributed by atoms with E-state index < -0.39 is 12.2 Å². The summed E-state index contributed by atoms with van der Waals surface area (Å²) in [6.45, 7) is 13.2. The zero-order chi connectivity index (χ0) is 40.4. The molecule has 0 aliphatic heterocycles. The van der Waals surface area contributed by atoms with Crippen LogP contribution in [0, 0.1) is 27.7 Å². The molecule has 0 heterocycles. The van der Waals surface area contributed by atoms with Crippen molar-refractivity contribution < 1.29 is 29.2 Å². The first-order chi connectivity index (χ1) is 26.2. The first-order valence-electron chi connectivity index (χ1n) is 17.9. The van der Waals surface area contributed by atoms with Crippen molar-refractivity contribution in [3.8, 4) is 23.0 Å². The normalized spacial score (nSPS) is 12.8. The van der Waals surface area contributed by atoms with Gasteiger partial charge in [-0.1, -0.05) is 38.1 Å². The quantitative estimate of drug-likeness (QED) is 0.0831. The van der Waals surface area contributed by atoms with Crippen molar-refractivity contribution in [3.63, 3.8) is 0 Å². The standard InChI is InChI=1S/C43H56O6S6/c1-25-13-29(14-26(2)39(25)46-21-31(44)23-48-41-35(52-9)17-33(50-7)18-36(41)53-10)43(5,6)30-15-27(3)40(28(4)16-30)47-22-32(45)24-49-42-37(54-11)19-34(51-8)20-38(42)55-12/h13-20,31-32,44-45H,21-24H2,1-12H3. The van der Waals surface area contributed by atoms with Gasteiger partial charge in [0.05, 0.1) is 19.6 Å². The highest BCUT2D eigenvalue weighted by molar-refractivity contribution is 8.00. The Morgan fingerprint density at radius 1 is 0.436 bits per heavy atom. The molecule has 12 heteroatoms. The van der Waals surface area contributed by atoms with Gasteiger partial charge in [-0.15, -0.1) is 70.6 Å². The van der Waals surface area contributed by atoms with E-state index >= 15 is 0 Å². The Kier molecular flexibility index (Phi) is 17.7.